The van der Waals surface area contributed by atoms with E-state index in [1.807, 2.05) is 32.0 Å². The molecule has 0 heterocycles. The van der Waals surface area contributed by atoms with Gasteiger partial charge >= 0.3 is 0 Å². The third-order valence-electron chi connectivity index (χ3n) is 6.21. The molecule has 198 valence electrons. The highest BCUT2D eigenvalue weighted by atomic mass is 19.1. The average molecular weight is 508 g/mol. The number of aliphatic imine (C=N–C) groups is 1. The van der Waals surface area contributed by atoms with Crippen LogP contribution in [0.25, 0.3) is 0 Å². The Morgan fingerprint density at radius 1 is 1.27 bits per heavy atom. The van der Waals surface area contributed by atoms with Crippen LogP contribution in [0.4, 0.5) is 8.78 Å². The van der Waals surface area contributed by atoms with Crippen LogP contribution in [-0.2, 0) is 19.4 Å². The van der Waals surface area contributed by atoms with Gasteiger partial charge in [0, 0.05) is 37.0 Å². The molecule has 2 rings (SSSR count). The molecule has 5 nitrogen and oxygen atoms in total. The molecule has 37 heavy (non-hydrogen) atoms. The zero-order valence-electron chi connectivity index (χ0n) is 22.8. The number of nitrogens with one attached hydrogen (secondary N) is 2. The molecule has 0 saturated carbocycles. The largest absolute Gasteiger partial charge is 0.389 e. The zero-order chi connectivity index (χ0) is 27.5. The summed E-state index contributed by atoms with van der Waals surface area (Å²) in [5, 5.41) is 15.9. The van der Waals surface area contributed by atoms with Gasteiger partial charge in [-0.25, -0.2) is 13.8 Å². The van der Waals surface area contributed by atoms with E-state index in [9.17, 15) is 9.65 Å². The highest BCUT2D eigenvalue weighted by Crippen LogP contribution is 2.29. The first-order chi connectivity index (χ1) is 17.6. The first-order valence-corrected chi connectivity index (χ1v) is 12.6. The van der Waals surface area contributed by atoms with Crippen molar-refractivity contribution >= 4 is 5.84 Å². The molecule has 1 aliphatic carbocycles. The second kappa shape index (κ2) is 14.3. The van der Waals surface area contributed by atoms with Crippen molar-refractivity contribution in [1.82, 2.24) is 15.5 Å². The smallest absolute Gasteiger partial charge is 0.158 e. The quantitative estimate of drug-likeness (QED) is 0.119. The molecule has 7 heteroatoms. The van der Waals surface area contributed by atoms with Crippen LogP contribution in [0.1, 0.15) is 50.3 Å². The van der Waals surface area contributed by atoms with Crippen LogP contribution in [0, 0.1) is 17.1 Å². The van der Waals surface area contributed by atoms with Crippen molar-refractivity contribution in [2.45, 2.75) is 53.0 Å². The maximum atomic E-state index is 15.3. The van der Waals surface area contributed by atoms with Gasteiger partial charge in [-0.2, -0.15) is 5.26 Å². The lowest BCUT2D eigenvalue weighted by molar-refractivity contribution is 0.438. The summed E-state index contributed by atoms with van der Waals surface area (Å²) in [5.74, 6) is -0.429. The molecule has 0 saturated heterocycles. The van der Waals surface area contributed by atoms with E-state index in [1.165, 1.54) is 12.3 Å². The summed E-state index contributed by atoms with van der Waals surface area (Å²) in [6, 6.07) is 5.42. The van der Waals surface area contributed by atoms with Crippen LogP contribution in [0.5, 0.6) is 0 Å². The van der Waals surface area contributed by atoms with E-state index >= 15 is 4.39 Å². The Morgan fingerprint density at radius 3 is 2.62 bits per heavy atom. The average Bonchev–Trinajstić information content (AvgIpc) is 3.34. The number of nitriles is 1. The standard InChI is InChI=1S/C30H39F2N5/c1-8-15-34-17-24(16-33)36-30(35-18-27-26-12-10-11-23(26)13-14-28(27)31)22(5)25(9-2)21(4)29(32)20(3)19-37(6)7/h9,13-14,17,34H,3,5,8,10-12,15,18-19H2,1-2,4,6-7H3,(H,35,36)/b24-17-,25-9+,29-21+. The number of hydrogen-bond acceptors (Lipinski definition) is 4. The summed E-state index contributed by atoms with van der Waals surface area (Å²) in [5.41, 5.74) is 4.54. The summed E-state index contributed by atoms with van der Waals surface area (Å²) in [4.78, 5) is 6.35. The number of nitrogens with zero attached hydrogens (tertiary/aromatic N) is 3. The monoisotopic (exact) mass is 507 g/mol. The van der Waals surface area contributed by atoms with Gasteiger partial charge in [0.1, 0.15) is 23.5 Å². The molecule has 0 unspecified atom stereocenters. The number of rotatable bonds is 12. The minimum atomic E-state index is -0.421. The van der Waals surface area contributed by atoms with E-state index in [2.05, 4.69) is 34.9 Å². The van der Waals surface area contributed by atoms with Crippen molar-refractivity contribution in [2.24, 2.45) is 4.99 Å². The van der Waals surface area contributed by atoms with Crippen molar-refractivity contribution in [1.29, 1.82) is 5.26 Å². The van der Waals surface area contributed by atoms with Crippen molar-refractivity contribution < 1.29 is 8.78 Å². The maximum Gasteiger partial charge on any atom is 0.158 e. The van der Waals surface area contributed by atoms with Gasteiger partial charge in [0.25, 0.3) is 0 Å². The molecule has 0 fully saturated rings. The Bertz CT molecular complexity index is 1180. The van der Waals surface area contributed by atoms with Gasteiger partial charge < -0.3 is 15.5 Å². The van der Waals surface area contributed by atoms with E-state index in [0.29, 0.717) is 40.9 Å². The molecule has 0 aromatic heterocycles. The molecule has 0 amide bonds. The van der Waals surface area contributed by atoms with E-state index in [1.54, 1.807) is 19.9 Å². The van der Waals surface area contributed by atoms with Gasteiger partial charge in [-0.3, -0.25) is 0 Å². The Kier molecular flexibility index (Phi) is 11.5. The van der Waals surface area contributed by atoms with Gasteiger partial charge in [-0.15, -0.1) is 0 Å². The van der Waals surface area contributed by atoms with E-state index < -0.39 is 5.83 Å². The van der Waals surface area contributed by atoms with Gasteiger partial charge in [-0.1, -0.05) is 32.2 Å². The van der Waals surface area contributed by atoms with Crippen molar-refractivity contribution in [2.75, 3.05) is 27.2 Å². The summed E-state index contributed by atoms with van der Waals surface area (Å²) in [6.07, 6.45) is 6.93. The fraction of sp³-hybridized carbons (Fsp3) is 0.400. The number of halogens is 2. The van der Waals surface area contributed by atoms with Crippen LogP contribution in [0.2, 0.25) is 0 Å². The zero-order valence-corrected chi connectivity index (χ0v) is 22.8. The Hall–Kier alpha value is -3.50. The lowest BCUT2D eigenvalue weighted by Crippen LogP contribution is -2.27. The lowest BCUT2D eigenvalue weighted by atomic mass is 9.96. The lowest BCUT2D eigenvalue weighted by Gasteiger charge is -2.19. The number of hydrogen-bond donors (Lipinski definition) is 2. The molecule has 0 bridgehead atoms. The summed E-state index contributed by atoms with van der Waals surface area (Å²) in [7, 11) is 3.69. The van der Waals surface area contributed by atoms with Crippen molar-refractivity contribution in [3.8, 4) is 6.07 Å². The SMILES string of the molecule is C=C(C(=C/C)/C(C)=C(/F)C(=C)CN(C)C)/C(=N/C(C#N)=C\NCCC)NCc1c(F)ccc2c1CCC2. The number of fused-ring (bicyclic) bond motifs is 1. The number of amidine groups is 1. The minimum Gasteiger partial charge on any atom is -0.389 e. The van der Waals surface area contributed by atoms with E-state index in [-0.39, 0.29) is 23.9 Å². The second-order valence-corrected chi connectivity index (χ2v) is 9.39. The summed E-state index contributed by atoms with van der Waals surface area (Å²) in [6.45, 7) is 14.8. The summed E-state index contributed by atoms with van der Waals surface area (Å²) < 4.78 is 30.1. The number of aryl methyl sites for hydroxylation is 1. The molecule has 0 atom stereocenters. The molecule has 1 aromatic carbocycles. The highest BCUT2D eigenvalue weighted by molar-refractivity contribution is 6.03. The van der Waals surface area contributed by atoms with Gasteiger partial charge in [0.05, 0.1) is 0 Å². The highest BCUT2D eigenvalue weighted by Gasteiger charge is 2.21. The molecule has 1 aliphatic rings. The molecular formula is C30H39F2N5. The van der Waals surface area contributed by atoms with Crippen LogP contribution in [0.3, 0.4) is 0 Å². The molecule has 0 radical (unpaired) electrons. The van der Waals surface area contributed by atoms with Crippen LogP contribution in [0.15, 0.2) is 76.4 Å². The van der Waals surface area contributed by atoms with Crippen LogP contribution in [-0.4, -0.2) is 37.9 Å². The number of likely N-dealkylation sites (N-methyl/N-ethyl adjacent to an activating group) is 1. The molecule has 1 aromatic rings. The van der Waals surface area contributed by atoms with E-state index in [4.69, 9.17) is 0 Å². The topological polar surface area (TPSA) is 63.5 Å². The maximum absolute atomic E-state index is 15.3. The normalized spacial score (nSPS) is 14.7. The van der Waals surface area contributed by atoms with E-state index in [0.717, 1.165) is 36.8 Å². The number of benzene rings is 1. The summed E-state index contributed by atoms with van der Waals surface area (Å²) >= 11 is 0. The first kappa shape index (κ1) is 29.7. The van der Waals surface area contributed by atoms with Crippen molar-refractivity contribution in [3.05, 3.63) is 93.9 Å². The third-order valence-corrected chi connectivity index (χ3v) is 6.21. The Morgan fingerprint density at radius 2 is 2.00 bits per heavy atom. The Balaban J connectivity index is 2.48. The predicted octanol–water partition coefficient (Wildman–Crippen LogP) is 6.03. The molecular weight excluding hydrogens is 468 g/mol. The number of allylic oxidation sites excluding steroid dienone is 3. The van der Waals surface area contributed by atoms with Crippen LogP contribution < -0.4 is 10.6 Å². The first-order valence-electron chi connectivity index (χ1n) is 12.6. The minimum absolute atomic E-state index is 0.130. The fourth-order valence-corrected chi connectivity index (χ4v) is 4.39. The second-order valence-electron chi connectivity index (χ2n) is 9.39. The predicted molar refractivity (Wildman–Crippen MR) is 149 cm³/mol. The van der Waals surface area contributed by atoms with Gasteiger partial charge in [0.2, 0.25) is 0 Å². The van der Waals surface area contributed by atoms with Crippen LogP contribution >= 0.6 is 0 Å². The fourth-order valence-electron chi connectivity index (χ4n) is 4.39. The van der Waals surface area contributed by atoms with Crippen molar-refractivity contribution in [3.63, 3.8) is 0 Å². The third kappa shape index (κ3) is 7.99. The molecule has 2 N–H and O–H groups in total. The molecule has 0 spiro atoms. The van der Waals surface area contributed by atoms with Gasteiger partial charge in [0.15, 0.2) is 5.70 Å². The molecule has 0 aliphatic heterocycles. The Labute approximate surface area is 220 Å². The van der Waals surface area contributed by atoms with Gasteiger partial charge in [-0.05, 0) is 87.5 Å².